The summed E-state index contributed by atoms with van der Waals surface area (Å²) in [5.41, 5.74) is 7.15. The van der Waals surface area contributed by atoms with Gasteiger partial charge in [-0.3, -0.25) is 0 Å². The van der Waals surface area contributed by atoms with Crippen LogP contribution in [-0.4, -0.2) is 4.40 Å². The molecule has 0 amide bonds. The number of fused-ring (bicyclic) bond motifs is 9. The lowest BCUT2D eigenvalue weighted by atomic mass is 10.0. The quantitative estimate of drug-likeness (QED) is 0.160. The van der Waals surface area contributed by atoms with Crippen LogP contribution >= 0.6 is 11.3 Å². The van der Waals surface area contributed by atoms with Crippen molar-refractivity contribution in [2.75, 3.05) is 0 Å². The fourth-order valence-electron chi connectivity index (χ4n) is 6.43. The van der Waals surface area contributed by atoms with Gasteiger partial charge < -0.3 is 4.74 Å². The van der Waals surface area contributed by atoms with Gasteiger partial charge in [0, 0.05) is 42.6 Å². The normalized spacial score (nSPS) is 11.9. The molecule has 0 N–H and O–H groups in total. The average molecular weight is 552 g/mol. The molecular weight excluding hydrogens is 522 g/mol. The molecule has 8 rings (SSSR count). The van der Waals surface area contributed by atoms with E-state index in [1.165, 1.54) is 53.0 Å². The van der Waals surface area contributed by atoms with Gasteiger partial charge in [-0.2, -0.15) is 8.97 Å². The number of benzene rings is 4. The largest absolute Gasteiger partial charge is 0.405 e. The molecule has 198 valence electrons. The van der Waals surface area contributed by atoms with Crippen LogP contribution in [0.15, 0.2) is 103 Å². The Kier molecular flexibility index (Phi) is 5.22. The molecular formula is C36H29N3OS+2. The summed E-state index contributed by atoms with van der Waals surface area (Å²) in [6, 6.07) is 32.5. The predicted molar refractivity (Wildman–Crippen MR) is 169 cm³/mol. The smallest absolute Gasteiger partial charge is 0.373 e. The molecule has 4 heterocycles. The first-order valence-electron chi connectivity index (χ1n) is 13.9. The maximum Gasteiger partial charge on any atom is 0.373 e. The van der Waals surface area contributed by atoms with Crippen LogP contribution in [0.4, 0.5) is 0 Å². The molecule has 4 aromatic heterocycles. The second-order valence-electron chi connectivity index (χ2n) is 10.9. The van der Waals surface area contributed by atoms with Crippen molar-refractivity contribution in [3.8, 4) is 22.9 Å². The SMILES string of the molecule is Cc1ccc2c(sc3ccccc32)c1-c1cccc(Oc2ccc3c4ccccc4n4cc[n+](C)c4c3c2C)[n+]1C. The van der Waals surface area contributed by atoms with Crippen molar-refractivity contribution in [2.45, 2.75) is 13.8 Å². The molecule has 0 aliphatic carbocycles. The lowest BCUT2D eigenvalue weighted by Crippen LogP contribution is -2.33. The number of pyridine rings is 2. The van der Waals surface area contributed by atoms with E-state index < -0.39 is 0 Å². The Morgan fingerprint density at radius 3 is 2.39 bits per heavy atom. The summed E-state index contributed by atoms with van der Waals surface area (Å²) in [7, 11) is 4.21. The molecule has 0 saturated carbocycles. The zero-order chi connectivity index (χ0) is 27.8. The highest BCUT2D eigenvalue weighted by Crippen LogP contribution is 2.41. The summed E-state index contributed by atoms with van der Waals surface area (Å²) in [4.78, 5) is 0. The van der Waals surface area contributed by atoms with Crippen molar-refractivity contribution in [1.29, 1.82) is 0 Å². The molecule has 0 saturated heterocycles. The summed E-state index contributed by atoms with van der Waals surface area (Å²) in [5.74, 6) is 1.67. The highest BCUT2D eigenvalue weighted by molar-refractivity contribution is 7.26. The zero-order valence-corrected chi connectivity index (χ0v) is 24.3. The van der Waals surface area contributed by atoms with Crippen LogP contribution in [0.25, 0.3) is 58.8 Å². The maximum absolute atomic E-state index is 6.75. The predicted octanol–water partition coefficient (Wildman–Crippen LogP) is 8.34. The number of aryl methyl sites for hydroxylation is 3. The Bertz CT molecular complexity index is 2340. The van der Waals surface area contributed by atoms with Gasteiger partial charge in [0.15, 0.2) is 0 Å². The van der Waals surface area contributed by atoms with E-state index in [1.54, 1.807) is 0 Å². The third-order valence-corrected chi connectivity index (χ3v) is 9.71. The Balaban J connectivity index is 1.31. The van der Waals surface area contributed by atoms with Crippen LogP contribution in [0.3, 0.4) is 0 Å². The van der Waals surface area contributed by atoms with Crippen LogP contribution in [-0.2, 0) is 14.1 Å². The second-order valence-corrected chi connectivity index (χ2v) is 11.9. The Morgan fingerprint density at radius 2 is 1.51 bits per heavy atom. The van der Waals surface area contributed by atoms with E-state index in [4.69, 9.17) is 4.74 Å². The van der Waals surface area contributed by atoms with Crippen LogP contribution in [0.5, 0.6) is 11.6 Å². The number of hydrogen-bond donors (Lipinski definition) is 0. The Morgan fingerprint density at radius 1 is 0.732 bits per heavy atom. The van der Waals surface area contributed by atoms with Crippen molar-refractivity contribution in [3.63, 3.8) is 0 Å². The number of hydrogen-bond acceptors (Lipinski definition) is 2. The van der Waals surface area contributed by atoms with Gasteiger partial charge in [-0.15, -0.1) is 11.3 Å². The number of aromatic nitrogens is 3. The molecule has 0 bridgehead atoms. The molecule has 4 nitrogen and oxygen atoms in total. The first-order chi connectivity index (χ1) is 20.0. The number of thiophene rings is 1. The van der Waals surface area contributed by atoms with Gasteiger partial charge in [-0.05, 0) is 49.7 Å². The molecule has 0 atom stereocenters. The van der Waals surface area contributed by atoms with E-state index in [2.05, 4.69) is 145 Å². The van der Waals surface area contributed by atoms with E-state index in [9.17, 15) is 0 Å². The van der Waals surface area contributed by atoms with Crippen LogP contribution < -0.4 is 13.9 Å². The molecule has 4 aromatic carbocycles. The van der Waals surface area contributed by atoms with E-state index in [0.29, 0.717) is 0 Å². The van der Waals surface area contributed by atoms with E-state index in [0.717, 1.165) is 28.5 Å². The molecule has 0 unspecified atom stereocenters. The van der Waals surface area contributed by atoms with Gasteiger partial charge in [0.05, 0.1) is 24.1 Å². The van der Waals surface area contributed by atoms with Gasteiger partial charge in [0.2, 0.25) is 5.69 Å². The van der Waals surface area contributed by atoms with Gasteiger partial charge in [-0.25, -0.2) is 4.57 Å². The van der Waals surface area contributed by atoms with E-state index in [-0.39, 0.29) is 0 Å². The minimum Gasteiger partial charge on any atom is -0.405 e. The summed E-state index contributed by atoms with van der Waals surface area (Å²) >= 11 is 1.87. The number of rotatable bonds is 3. The maximum atomic E-state index is 6.75. The van der Waals surface area contributed by atoms with Crippen molar-refractivity contribution in [1.82, 2.24) is 4.40 Å². The molecule has 0 fully saturated rings. The molecule has 0 aliphatic rings. The lowest BCUT2D eigenvalue weighted by molar-refractivity contribution is -0.664. The number of nitrogens with zero attached hydrogens (tertiary/aromatic N) is 3. The minimum absolute atomic E-state index is 0.805. The summed E-state index contributed by atoms with van der Waals surface area (Å²) < 4.78 is 16.0. The molecule has 41 heavy (non-hydrogen) atoms. The van der Waals surface area contributed by atoms with Crippen molar-refractivity contribution in [3.05, 3.63) is 115 Å². The van der Waals surface area contributed by atoms with Crippen molar-refractivity contribution >= 4 is 58.8 Å². The van der Waals surface area contributed by atoms with Crippen LogP contribution in [0.1, 0.15) is 11.1 Å². The third-order valence-electron chi connectivity index (χ3n) is 8.51. The third kappa shape index (κ3) is 3.45. The lowest BCUT2D eigenvalue weighted by Gasteiger charge is -2.13. The highest BCUT2D eigenvalue weighted by atomic mass is 32.1. The first kappa shape index (κ1) is 24.1. The number of ether oxygens (including phenoxy) is 1. The Labute approximate surface area is 241 Å². The van der Waals surface area contributed by atoms with Crippen molar-refractivity contribution in [2.24, 2.45) is 14.1 Å². The standard InChI is InChI=1S/C36H29N3OS/c1-22-16-17-27-25-11-6-8-14-31(25)41-35(27)33(22)29-13-9-15-32(38(29)4)40-30-19-18-26-24-10-5-7-12-28(24)39-21-20-37(3)36(39)34(26)23(30)2/h5-21H,1-4H3/q+2. The molecule has 5 heteroatoms. The average Bonchev–Trinajstić information content (AvgIpc) is 3.56. The fourth-order valence-corrected chi connectivity index (χ4v) is 7.74. The van der Waals surface area contributed by atoms with Gasteiger partial charge in [0.1, 0.15) is 30.7 Å². The summed E-state index contributed by atoms with van der Waals surface area (Å²) in [6.45, 7) is 4.37. The topological polar surface area (TPSA) is 21.4 Å². The fraction of sp³-hybridized carbons (Fsp3) is 0.111. The molecule has 0 spiro atoms. The molecule has 0 radical (unpaired) electrons. The zero-order valence-electron chi connectivity index (χ0n) is 23.5. The molecule has 0 aliphatic heterocycles. The van der Waals surface area contributed by atoms with Crippen molar-refractivity contribution < 1.29 is 13.9 Å². The van der Waals surface area contributed by atoms with E-state index in [1.807, 2.05) is 11.3 Å². The number of para-hydroxylation sites is 1. The minimum atomic E-state index is 0.805. The van der Waals surface area contributed by atoms with Crippen LogP contribution in [0, 0.1) is 13.8 Å². The monoisotopic (exact) mass is 551 g/mol. The van der Waals surface area contributed by atoms with Crippen LogP contribution in [0.2, 0.25) is 0 Å². The van der Waals surface area contributed by atoms with Gasteiger partial charge in [-0.1, -0.05) is 48.5 Å². The van der Waals surface area contributed by atoms with Gasteiger partial charge in [0.25, 0.3) is 5.65 Å². The Hall–Kier alpha value is -4.74. The first-order valence-corrected chi connectivity index (χ1v) is 14.7. The van der Waals surface area contributed by atoms with E-state index >= 15 is 0 Å². The molecule has 8 aromatic rings. The second kappa shape index (κ2) is 8.88. The summed E-state index contributed by atoms with van der Waals surface area (Å²) in [5, 5.41) is 6.29. The van der Waals surface area contributed by atoms with Gasteiger partial charge >= 0.3 is 5.88 Å². The number of imidazole rings is 1. The summed E-state index contributed by atoms with van der Waals surface area (Å²) in [6.07, 6.45) is 4.26. The highest BCUT2D eigenvalue weighted by Gasteiger charge is 2.24.